The number of phenols is 1. The molecular formula is C38H50N4O4. The molecule has 0 aliphatic carbocycles. The van der Waals surface area contributed by atoms with E-state index in [4.69, 9.17) is 4.74 Å². The highest BCUT2D eigenvalue weighted by atomic mass is 16.5. The maximum atomic E-state index is 12.8. The van der Waals surface area contributed by atoms with Crippen LogP contribution in [-0.4, -0.2) is 33.1 Å². The predicted molar refractivity (Wildman–Crippen MR) is 187 cm³/mol. The first kappa shape index (κ1) is 34.7. The number of phenolic OH excluding ortho intramolecular Hbond substituents is 1. The number of carbonyl (C=O) groups is 1. The fourth-order valence-electron chi connectivity index (χ4n) is 5.90. The van der Waals surface area contributed by atoms with Crippen molar-refractivity contribution in [1.29, 1.82) is 0 Å². The normalized spacial score (nSPS) is 11.2. The molecule has 8 nitrogen and oxygen atoms in total. The predicted octanol–water partition coefficient (Wildman–Crippen LogP) is 9.57. The summed E-state index contributed by atoms with van der Waals surface area (Å²) in [5, 5.41) is 13.4. The van der Waals surface area contributed by atoms with Gasteiger partial charge < -0.3 is 20.1 Å². The Labute approximate surface area is 273 Å². The second-order valence-electron chi connectivity index (χ2n) is 12.2. The number of unbranched alkanes of at least 4 members (excludes halogenated alkanes) is 14. The second kappa shape index (κ2) is 18.7. The van der Waals surface area contributed by atoms with Crippen LogP contribution in [0.5, 0.6) is 11.5 Å². The molecule has 4 aromatic rings. The molecule has 0 aliphatic rings. The van der Waals surface area contributed by atoms with Crippen LogP contribution < -0.4 is 15.6 Å². The van der Waals surface area contributed by atoms with Crippen LogP contribution in [0.2, 0.25) is 0 Å². The van der Waals surface area contributed by atoms with Crippen LogP contribution >= 0.6 is 0 Å². The minimum Gasteiger partial charge on any atom is -0.504 e. The smallest absolute Gasteiger partial charge is 0.260 e. The van der Waals surface area contributed by atoms with Gasteiger partial charge in [-0.2, -0.15) is 0 Å². The van der Waals surface area contributed by atoms with Crippen molar-refractivity contribution in [3.05, 3.63) is 65.2 Å². The summed E-state index contributed by atoms with van der Waals surface area (Å²) in [7, 11) is 1.48. The van der Waals surface area contributed by atoms with Crippen molar-refractivity contribution in [1.82, 2.24) is 15.0 Å². The zero-order valence-corrected chi connectivity index (χ0v) is 27.6. The minimum atomic E-state index is -0.307. The molecule has 2 heterocycles. The largest absolute Gasteiger partial charge is 0.504 e. The summed E-state index contributed by atoms with van der Waals surface area (Å²) >= 11 is 0. The Balaban J connectivity index is 1.22. The number of rotatable bonds is 20. The first-order chi connectivity index (χ1) is 22.5. The molecule has 0 fully saturated rings. The maximum absolute atomic E-state index is 12.8. The number of fused-ring (bicyclic) bond motifs is 1. The van der Waals surface area contributed by atoms with Gasteiger partial charge in [0.25, 0.3) is 5.56 Å². The Morgan fingerprint density at radius 2 is 1.39 bits per heavy atom. The molecule has 4 rings (SSSR count). The number of nitrogens with one attached hydrogen (secondary N) is 2. The number of nitrogens with zero attached hydrogens (tertiary/aromatic N) is 2. The number of aromatic nitrogens is 3. The van der Waals surface area contributed by atoms with Gasteiger partial charge in [0.05, 0.1) is 24.5 Å². The molecule has 0 saturated carbocycles. The number of carbonyl (C=O) groups excluding carboxylic acids is 1. The molecule has 8 heteroatoms. The minimum absolute atomic E-state index is 0.00842. The summed E-state index contributed by atoms with van der Waals surface area (Å²) in [4.78, 5) is 36.9. The van der Waals surface area contributed by atoms with Crippen molar-refractivity contribution in [2.75, 3.05) is 12.4 Å². The van der Waals surface area contributed by atoms with E-state index in [1.165, 1.54) is 103 Å². The van der Waals surface area contributed by atoms with Gasteiger partial charge in [0, 0.05) is 23.2 Å². The number of anilines is 1. The van der Waals surface area contributed by atoms with Crippen LogP contribution in [0.15, 0.2) is 59.7 Å². The summed E-state index contributed by atoms with van der Waals surface area (Å²) in [6.07, 6.45) is 21.4. The molecular weight excluding hydrogens is 576 g/mol. The number of methoxy groups -OCH3 is 1. The van der Waals surface area contributed by atoms with Crippen molar-refractivity contribution < 1.29 is 14.6 Å². The number of hydrogen-bond acceptors (Lipinski definition) is 6. The summed E-state index contributed by atoms with van der Waals surface area (Å²) < 4.78 is 5.28. The van der Waals surface area contributed by atoms with Crippen molar-refractivity contribution >= 4 is 22.6 Å². The van der Waals surface area contributed by atoms with E-state index in [1.54, 1.807) is 12.1 Å². The molecule has 0 saturated heterocycles. The monoisotopic (exact) mass is 626 g/mol. The van der Waals surface area contributed by atoms with E-state index in [2.05, 4.69) is 27.2 Å². The van der Waals surface area contributed by atoms with Gasteiger partial charge in [0.2, 0.25) is 5.91 Å². The number of hydrogen-bond donors (Lipinski definition) is 3. The molecule has 1 amide bonds. The topological polar surface area (TPSA) is 117 Å². The lowest BCUT2D eigenvalue weighted by molar-refractivity contribution is -0.116. The Bertz CT molecular complexity index is 1580. The summed E-state index contributed by atoms with van der Waals surface area (Å²) in [6.45, 7) is 2.27. The summed E-state index contributed by atoms with van der Waals surface area (Å²) in [5.41, 5.74) is 3.48. The Kier molecular flexibility index (Phi) is 14.1. The number of aromatic amines is 1. The molecule has 0 spiro atoms. The molecule has 0 bridgehead atoms. The Morgan fingerprint density at radius 1 is 0.804 bits per heavy atom. The molecule has 0 unspecified atom stereocenters. The quantitative estimate of drug-likeness (QED) is 0.0841. The van der Waals surface area contributed by atoms with Gasteiger partial charge in [-0.25, -0.2) is 9.97 Å². The van der Waals surface area contributed by atoms with E-state index < -0.39 is 0 Å². The molecule has 2 aromatic heterocycles. The Hall–Kier alpha value is -4.20. The molecule has 246 valence electrons. The highest BCUT2D eigenvalue weighted by Crippen LogP contribution is 2.35. The van der Waals surface area contributed by atoms with Crippen molar-refractivity contribution in [3.8, 4) is 33.9 Å². The van der Waals surface area contributed by atoms with Gasteiger partial charge in [-0.3, -0.25) is 9.59 Å². The lowest BCUT2D eigenvalue weighted by Crippen LogP contribution is -2.11. The number of aromatic hydroxyl groups is 1. The van der Waals surface area contributed by atoms with E-state index in [-0.39, 0.29) is 17.2 Å². The van der Waals surface area contributed by atoms with Crippen LogP contribution in [0.25, 0.3) is 33.4 Å². The van der Waals surface area contributed by atoms with Crippen molar-refractivity contribution in [2.45, 2.75) is 110 Å². The summed E-state index contributed by atoms with van der Waals surface area (Å²) in [6, 6.07) is 14.3. The van der Waals surface area contributed by atoms with Crippen molar-refractivity contribution in [3.63, 3.8) is 0 Å². The van der Waals surface area contributed by atoms with Crippen LogP contribution in [-0.2, 0) is 4.79 Å². The van der Waals surface area contributed by atoms with Crippen LogP contribution in [0.4, 0.5) is 5.69 Å². The number of pyridine rings is 1. The zero-order valence-electron chi connectivity index (χ0n) is 27.6. The highest BCUT2D eigenvalue weighted by molar-refractivity contribution is 5.95. The van der Waals surface area contributed by atoms with E-state index in [0.29, 0.717) is 40.0 Å². The number of H-pyrrole nitrogens is 1. The highest BCUT2D eigenvalue weighted by Gasteiger charge is 2.15. The lowest BCUT2D eigenvalue weighted by atomic mass is 9.99. The fourth-order valence-corrected chi connectivity index (χ4v) is 5.90. The van der Waals surface area contributed by atoms with E-state index >= 15 is 0 Å². The molecule has 0 aliphatic heterocycles. The molecule has 2 aromatic carbocycles. The average molecular weight is 627 g/mol. The van der Waals surface area contributed by atoms with E-state index in [0.717, 1.165) is 24.1 Å². The van der Waals surface area contributed by atoms with Gasteiger partial charge >= 0.3 is 0 Å². The number of benzene rings is 2. The standard InChI is InChI=1S/C38H50N4O4/c1-3-4-5-6-7-8-9-10-11-12-13-14-15-16-17-18-35(44)41-30-22-19-28(20-23-30)32-26-31(29-21-24-33(43)34(25-29)46-2)36-37(42-32)39-27-40-38(36)45/h19-27,43H,3-18H2,1-2H3,(H,41,44)(H,39,40,42,45). The molecule has 3 N–H and O–H groups in total. The van der Waals surface area contributed by atoms with Gasteiger partial charge in [-0.05, 0) is 42.3 Å². The maximum Gasteiger partial charge on any atom is 0.260 e. The SMILES string of the molecule is CCCCCCCCCCCCCCCCCC(=O)Nc1ccc(-c2cc(-c3ccc(O)c(OC)c3)c3c(=O)[nH]cnc3n2)cc1. The first-order valence-electron chi connectivity index (χ1n) is 17.2. The number of amides is 1. The van der Waals surface area contributed by atoms with Crippen LogP contribution in [0, 0.1) is 0 Å². The Morgan fingerprint density at radius 3 is 2.00 bits per heavy atom. The van der Waals surface area contributed by atoms with Gasteiger partial charge in [0.15, 0.2) is 17.1 Å². The van der Waals surface area contributed by atoms with Crippen LogP contribution in [0.1, 0.15) is 110 Å². The average Bonchev–Trinajstić information content (AvgIpc) is 3.06. The van der Waals surface area contributed by atoms with Gasteiger partial charge in [-0.1, -0.05) is 115 Å². The summed E-state index contributed by atoms with van der Waals surface area (Å²) in [5.74, 6) is 0.334. The molecule has 0 radical (unpaired) electrons. The van der Waals surface area contributed by atoms with Gasteiger partial charge in [0.1, 0.15) is 0 Å². The van der Waals surface area contributed by atoms with E-state index in [1.807, 2.05) is 30.3 Å². The third-order valence-corrected chi connectivity index (χ3v) is 8.57. The number of ether oxygens (including phenoxy) is 1. The van der Waals surface area contributed by atoms with E-state index in [9.17, 15) is 14.7 Å². The zero-order chi connectivity index (χ0) is 32.6. The molecule has 46 heavy (non-hydrogen) atoms. The van der Waals surface area contributed by atoms with Crippen molar-refractivity contribution in [2.24, 2.45) is 0 Å². The third kappa shape index (κ3) is 10.4. The third-order valence-electron chi connectivity index (χ3n) is 8.57. The lowest BCUT2D eigenvalue weighted by Gasteiger charge is -2.11. The first-order valence-corrected chi connectivity index (χ1v) is 17.2. The fraction of sp³-hybridized carbons (Fsp3) is 0.474. The second-order valence-corrected chi connectivity index (χ2v) is 12.2. The van der Waals surface area contributed by atoms with Gasteiger partial charge in [-0.15, -0.1) is 0 Å². The van der Waals surface area contributed by atoms with Crippen LogP contribution in [0.3, 0.4) is 0 Å². The molecule has 0 atom stereocenters.